The maximum atomic E-state index is 4.21. The van der Waals surface area contributed by atoms with Gasteiger partial charge in [-0.05, 0) is 0 Å². The second kappa shape index (κ2) is 7.23. The molecule has 0 heterocycles. The summed E-state index contributed by atoms with van der Waals surface area (Å²) in [6.07, 6.45) is 2.20. The molecule has 2 aliphatic carbocycles. The Morgan fingerprint density at radius 3 is 1.13 bits per heavy atom. The fourth-order valence-electron chi connectivity index (χ4n) is 5.68. The van der Waals surface area contributed by atoms with Crippen LogP contribution in [-0.4, -0.2) is 0 Å². The Hall–Kier alpha value is -2.67. The first-order valence-corrected chi connectivity index (χ1v) is 13.6. The summed E-state index contributed by atoms with van der Waals surface area (Å²) in [5.74, 6) is 0. The van der Waals surface area contributed by atoms with Crippen LogP contribution in [0.2, 0.25) is 4.73 Å². The van der Waals surface area contributed by atoms with Crippen molar-refractivity contribution in [2.24, 2.45) is 0 Å². The average Bonchev–Trinajstić information content (AvgIpc) is 3.31. The molecule has 4 aromatic carbocycles. The summed E-state index contributed by atoms with van der Waals surface area (Å²) in [6.45, 7) is 4.21. The standard InChI is InChI=1S/2C13H9.C3H5.Ti/c2*1-3-7-12-10(5-1)9-11-6-2-4-8-13(11)12;1-3-2;/h2*1-9H;3H,1-2H2;. The predicted octanol–water partition coefficient (Wildman–Crippen LogP) is 7.75. The Morgan fingerprint density at radius 2 is 0.833 bits per heavy atom. The SMILES string of the molecule is C=C[CH2][Ti]([CH]1c2ccccc2-c2ccccc21)[CH]1c2ccccc2-c2ccccc21. The molecule has 6 rings (SSSR count). The molecule has 0 radical (unpaired) electrons. The summed E-state index contributed by atoms with van der Waals surface area (Å²) in [4.78, 5) is 0. The van der Waals surface area contributed by atoms with Gasteiger partial charge in [0.15, 0.2) is 0 Å². The molecule has 0 atom stereocenters. The summed E-state index contributed by atoms with van der Waals surface area (Å²) in [5.41, 5.74) is 11.9. The van der Waals surface area contributed by atoms with Gasteiger partial charge in [0.25, 0.3) is 0 Å². The molecule has 0 aromatic heterocycles. The van der Waals surface area contributed by atoms with E-state index in [4.69, 9.17) is 0 Å². The van der Waals surface area contributed by atoms with Crippen molar-refractivity contribution in [1.29, 1.82) is 0 Å². The zero-order valence-corrected chi connectivity index (χ0v) is 18.4. The van der Waals surface area contributed by atoms with E-state index in [1.807, 2.05) is 0 Å². The molecule has 0 bridgehead atoms. The predicted molar refractivity (Wildman–Crippen MR) is 122 cm³/mol. The van der Waals surface area contributed by atoms with Gasteiger partial charge >= 0.3 is 185 Å². The Labute approximate surface area is 184 Å². The molecular weight excluding hydrogens is 396 g/mol. The van der Waals surface area contributed by atoms with E-state index in [1.165, 1.54) is 44.5 Å². The Bertz CT molecular complexity index is 1080. The van der Waals surface area contributed by atoms with Gasteiger partial charge in [0.2, 0.25) is 0 Å². The molecule has 0 spiro atoms. The van der Waals surface area contributed by atoms with Gasteiger partial charge in [-0.15, -0.1) is 0 Å². The zero-order chi connectivity index (χ0) is 20.1. The van der Waals surface area contributed by atoms with E-state index < -0.39 is 17.9 Å². The van der Waals surface area contributed by atoms with Crippen LogP contribution >= 0.6 is 0 Å². The Morgan fingerprint density at radius 1 is 0.533 bits per heavy atom. The van der Waals surface area contributed by atoms with Gasteiger partial charge < -0.3 is 0 Å². The van der Waals surface area contributed by atoms with Gasteiger partial charge in [-0.25, -0.2) is 0 Å². The van der Waals surface area contributed by atoms with Crippen LogP contribution in [0.15, 0.2) is 110 Å². The van der Waals surface area contributed by atoms with Crippen LogP contribution in [0.3, 0.4) is 0 Å². The second-order valence-corrected chi connectivity index (χ2v) is 12.5. The number of benzene rings is 4. The van der Waals surface area contributed by atoms with E-state index in [0.29, 0.717) is 8.45 Å². The number of fused-ring (bicyclic) bond motifs is 6. The number of hydrogen-bond acceptors (Lipinski definition) is 0. The normalized spacial score (nSPS) is 14.0. The van der Waals surface area contributed by atoms with Crippen LogP contribution < -0.4 is 0 Å². The number of rotatable bonds is 4. The molecule has 1 heteroatoms. The van der Waals surface area contributed by atoms with Crippen LogP contribution in [0.25, 0.3) is 22.3 Å². The quantitative estimate of drug-likeness (QED) is 0.234. The van der Waals surface area contributed by atoms with Crippen molar-refractivity contribution >= 4 is 0 Å². The van der Waals surface area contributed by atoms with E-state index in [-0.39, 0.29) is 0 Å². The van der Waals surface area contributed by atoms with Crippen molar-refractivity contribution in [2.45, 2.75) is 13.2 Å². The molecule has 0 nitrogen and oxygen atoms in total. The summed E-state index contributed by atoms with van der Waals surface area (Å²) in [5, 5.41) is 0. The van der Waals surface area contributed by atoms with Crippen LogP contribution in [0, 0.1) is 0 Å². The molecule has 0 aliphatic heterocycles. The van der Waals surface area contributed by atoms with Gasteiger partial charge in [-0.2, -0.15) is 0 Å². The van der Waals surface area contributed by atoms with Gasteiger partial charge in [-0.1, -0.05) is 0 Å². The van der Waals surface area contributed by atoms with E-state index in [9.17, 15) is 0 Å². The van der Waals surface area contributed by atoms with E-state index in [0.717, 1.165) is 4.73 Å². The first kappa shape index (κ1) is 18.1. The molecule has 2 aliphatic rings. The number of hydrogen-bond donors (Lipinski definition) is 0. The minimum atomic E-state index is -1.77. The molecule has 0 saturated carbocycles. The van der Waals surface area contributed by atoms with E-state index >= 15 is 0 Å². The molecule has 0 N–H and O–H groups in total. The minimum absolute atomic E-state index is 0.541. The van der Waals surface area contributed by atoms with Crippen LogP contribution in [-0.2, 0) is 17.9 Å². The van der Waals surface area contributed by atoms with Crippen molar-refractivity contribution in [3.8, 4) is 22.3 Å². The van der Waals surface area contributed by atoms with Gasteiger partial charge in [0.05, 0.1) is 0 Å². The van der Waals surface area contributed by atoms with Crippen molar-refractivity contribution in [2.75, 3.05) is 0 Å². The molecule has 0 amide bonds. The number of allylic oxidation sites excluding steroid dienone is 1. The maximum absolute atomic E-state index is 4.21. The van der Waals surface area contributed by atoms with Crippen molar-refractivity contribution in [3.05, 3.63) is 132 Å². The molecule has 30 heavy (non-hydrogen) atoms. The van der Waals surface area contributed by atoms with E-state index in [2.05, 4.69) is 110 Å². The third-order valence-electron chi connectivity index (χ3n) is 6.79. The van der Waals surface area contributed by atoms with E-state index in [1.54, 1.807) is 0 Å². The Kier molecular flexibility index (Phi) is 4.37. The molecular formula is C29H23Ti. The zero-order valence-electron chi connectivity index (χ0n) is 16.9. The first-order valence-electron chi connectivity index (χ1n) is 10.7. The molecule has 0 saturated heterocycles. The topological polar surface area (TPSA) is 0 Å². The van der Waals surface area contributed by atoms with Gasteiger partial charge in [-0.3, -0.25) is 0 Å². The molecule has 143 valence electrons. The fraction of sp³-hybridized carbons (Fsp3) is 0.103. The third-order valence-corrected chi connectivity index (χ3v) is 12.2. The monoisotopic (exact) mass is 419 g/mol. The van der Waals surface area contributed by atoms with Gasteiger partial charge in [0.1, 0.15) is 0 Å². The van der Waals surface area contributed by atoms with Crippen LogP contribution in [0.1, 0.15) is 30.7 Å². The molecule has 0 unspecified atom stereocenters. The summed E-state index contributed by atoms with van der Waals surface area (Å²) in [7, 11) is 0. The summed E-state index contributed by atoms with van der Waals surface area (Å²) < 4.78 is 2.24. The van der Waals surface area contributed by atoms with Crippen molar-refractivity contribution in [1.82, 2.24) is 0 Å². The van der Waals surface area contributed by atoms with Gasteiger partial charge in [0, 0.05) is 0 Å². The van der Waals surface area contributed by atoms with Crippen molar-refractivity contribution in [3.63, 3.8) is 0 Å². The third kappa shape index (κ3) is 2.57. The molecule has 0 fully saturated rings. The summed E-state index contributed by atoms with van der Waals surface area (Å²) in [6, 6.07) is 36.4. The second-order valence-electron chi connectivity index (χ2n) is 8.28. The average molecular weight is 419 g/mol. The Balaban J connectivity index is 1.59. The molecule has 4 aromatic rings. The van der Waals surface area contributed by atoms with Crippen molar-refractivity contribution < 1.29 is 17.9 Å². The van der Waals surface area contributed by atoms with Crippen LogP contribution in [0.5, 0.6) is 0 Å². The first-order chi connectivity index (χ1) is 14.9. The van der Waals surface area contributed by atoms with Crippen LogP contribution in [0.4, 0.5) is 0 Å². The fourth-order valence-corrected chi connectivity index (χ4v) is 11.5. The summed E-state index contributed by atoms with van der Waals surface area (Å²) >= 11 is -1.77.